The van der Waals surface area contributed by atoms with Crippen LogP contribution < -0.4 is 0 Å². The van der Waals surface area contributed by atoms with Crippen LogP contribution in [0.5, 0.6) is 0 Å². The summed E-state index contributed by atoms with van der Waals surface area (Å²) >= 11 is 0. The fourth-order valence-electron chi connectivity index (χ4n) is 2.47. The maximum absolute atomic E-state index is 11.8. The number of likely N-dealkylation sites (tertiary alicyclic amines) is 1. The lowest BCUT2D eigenvalue weighted by Crippen LogP contribution is -2.46. The molecule has 2 rings (SSSR count). The third-order valence-corrected chi connectivity index (χ3v) is 3.50. The highest BCUT2D eigenvalue weighted by Gasteiger charge is 2.34. The normalized spacial score (nSPS) is 22.9. The Morgan fingerprint density at radius 1 is 1.40 bits per heavy atom. The number of carbonyl (C=O) groups excluding carboxylic acids is 1. The van der Waals surface area contributed by atoms with Gasteiger partial charge in [0.1, 0.15) is 0 Å². The highest BCUT2D eigenvalue weighted by Crippen LogP contribution is 2.20. The van der Waals surface area contributed by atoms with Gasteiger partial charge in [-0.1, -0.05) is 30.3 Å². The number of benzene rings is 1. The minimum absolute atomic E-state index is 0. The van der Waals surface area contributed by atoms with Crippen LogP contribution in [-0.4, -0.2) is 41.8 Å². The number of aliphatic hydroxyl groups excluding tert-OH is 1. The van der Waals surface area contributed by atoms with Gasteiger partial charge in [0.05, 0.1) is 18.6 Å². The van der Waals surface area contributed by atoms with E-state index >= 15 is 0 Å². The number of esters is 1. The van der Waals surface area contributed by atoms with Gasteiger partial charge in [0.25, 0.3) is 0 Å². The van der Waals surface area contributed by atoms with Crippen molar-refractivity contribution in [2.75, 3.05) is 19.7 Å². The zero-order valence-electron chi connectivity index (χ0n) is 11.7. The van der Waals surface area contributed by atoms with E-state index in [1.54, 1.807) is 6.92 Å². The van der Waals surface area contributed by atoms with Crippen molar-refractivity contribution >= 4 is 18.4 Å². The molecule has 2 unspecified atom stereocenters. The number of hydrogen-bond acceptors (Lipinski definition) is 4. The van der Waals surface area contributed by atoms with Gasteiger partial charge in [-0.2, -0.15) is 0 Å². The fraction of sp³-hybridized carbons (Fsp3) is 0.533. The van der Waals surface area contributed by atoms with E-state index in [4.69, 9.17) is 4.74 Å². The molecular weight excluding hydrogens is 278 g/mol. The van der Waals surface area contributed by atoms with Crippen LogP contribution in [0.15, 0.2) is 30.3 Å². The van der Waals surface area contributed by atoms with E-state index in [0.29, 0.717) is 19.6 Å². The number of piperidine rings is 1. The van der Waals surface area contributed by atoms with E-state index in [0.717, 1.165) is 13.1 Å². The summed E-state index contributed by atoms with van der Waals surface area (Å²) in [5.74, 6) is -0.704. The Hall–Kier alpha value is -1.10. The topological polar surface area (TPSA) is 49.8 Å². The van der Waals surface area contributed by atoms with E-state index in [2.05, 4.69) is 17.0 Å². The molecule has 0 radical (unpaired) electrons. The lowest BCUT2D eigenvalue weighted by molar-refractivity contribution is -0.155. The fourth-order valence-corrected chi connectivity index (χ4v) is 2.47. The molecular formula is C15H22ClNO3. The smallest absolute Gasteiger partial charge is 0.312 e. The molecule has 1 saturated heterocycles. The number of hydrogen-bond donors (Lipinski definition) is 1. The average molecular weight is 300 g/mol. The zero-order valence-corrected chi connectivity index (χ0v) is 12.5. The Bertz CT molecular complexity index is 413. The molecule has 112 valence electrons. The van der Waals surface area contributed by atoms with Gasteiger partial charge < -0.3 is 9.84 Å². The molecule has 0 amide bonds. The van der Waals surface area contributed by atoms with E-state index in [9.17, 15) is 9.90 Å². The number of carbonyl (C=O) groups is 1. The maximum Gasteiger partial charge on any atom is 0.312 e. The molecule has 2 atom stereocenters. The van der Waals surface area contributed by atoms with Gasteiger partial charge in [-0.15, -0.1) is 12.4 Å². The van der Waals surface area contributed by atoms with E-state index in [1.165, 1.54) is 5.56 Å². The summed E-state index contributed by atoms with van der Waals surface area (Å²) < 4.78 is 5.02. The predicted octanol–water partition coefficient (Wildman–Crippen LogP) is 1.85. The molecule has 0 aliphatic carbocycles. The minimum atomic E-state index is -0.578. The van der Waals surface area contributed by atoms with Crippen molar-refractivity contribution in [1.82, 2.24) is 4.90 Å². The van der Waals surface area contributed by atoms with Gasteiger partial charge in [0, 0.05) is 19.6 Å². The van der Waals surface area contributed by atoms with Crippen molar-refractivity contribution < 1.29 is 14.6 Å². The maximum atomic E-state index is 11.8. The third-order valence-electron chi connectivity index (χ3n) is 3.50. The summed E-state index contributed by atoms with van der Waals surface area (Å²) in [4.78, 5) is 14.0. The first-order valence-electron chi connectivity index (χ1n) is 6.81. The Morgan fingerprint density at radius 2 is 2.10 bits per heavy atom. The van der Waals surface area contributed by atoms with Gasteiger partial charge in [-0.25, -0.2) is 0 Å². The molecule has 20 heavy (non-hydrogen) atoms. The molecule has 1 aromatic carbocycles. The number of rotatable bonds is 4. The molecule has 1 aromatic rings. The van der Waals surface area contributed by atoms with Gasteiger partial charge in [-0.3, -0.25) is 9.69 Å². The Balaban J connectivity index is 0.00000200. The second-order valence-electron chi connectivity index (χ2n) is 4.94. The molecule has 0 saturated carbocycles. The number of nitrogens with zero attached hydrogens (tertiary/aromatic N) is 1. The molecule has 1 aliphatic heterocycles. The molecule has 1 aliphatic rings. The summed E-state index contributed by atoms with van der Waals surface area (Å²) in [6.07, 6.45) is 0.0436. The second kappa shape index (κ2) is 8.25. The first-order valence-corrected chi connectivity index (χ1v) is 6.81. The first kappa shape index (κ1) is 17.0. The van der Waals surface area contributed by atoms with Crippen molar-refractivity contribution in [1.29, 1.82) is 0 Å². The van der Waals surface area contributed by atoms with Crippen LogP contribution in [0, 0.1) is 5.92 Å². The molecule has 0 spiro atoms. The molecule has 0 bridgehead atoms. The average Bonchev–Trinajstić information content (AvgIpc) is 2.42. The van der Waals surface area contributed by atoms with Crippen LogP contribution in [0.4, 0.5) is 0 Å². The van der Waals surface area contributed by atoms with Gasteiger partial charge in [0.15, 0.2) is 0 Å². The monoisotopic (exact) mass is 299 g/mol. The van der Waals surface area contributed by atoms with Crippen LogP contribution in [0.25, 0.3) is 0 Å². The summed E-state index contributed by atoms with van der Waals surface area (Å²) in [6.45, 7) is 4.33. The van der Waals surface area contributed by atoms with Crippen LogP contribution in [0.2, 0.25) is 0 Å². The minimum Gasteiger partial charge on any atom is -0.466 e. The Morgan fingerprint density at radius 3 is 2.75 bits per heavy atom. The quantitative estimate of drug-likeness (QED) is 0.862. The third kappa shape index (κ3) is 4.47. The van der Waals surface area contributed by atoms with E-state index < -0.39 is 12.0 Å². The highest BCUT2D eigenvalue weighted by atomic mass is 35.5. The van der Waals surface area contributed by atoms with Crippen LogP contribution in [-0.2, 0) is 16.1 Å². The summed E-state index contributed by atoms with van der Waals surface area (Å²) in [5.41, 5.74) is 1.22. The molecule has 1 heterocycles. The molecule has 1 fully saturated rings. The molecule has 1 N–H and O–H groups in total. The summed E-state index contributed by atoms with van der Waals surface area (Å²) in [7, 11) is 0. The van der Waals surface area contributed by atoms with Gasteiger partial charge >= 0.3 is 5.97 Å². The molecule has 5 heteroatoms. The number of aliphatic hydroxyl groups is 1. The predicted molar refractivity (Wildman–Crippen MR) is 79.7 cm³/mol. The summed E-state index contributed by atoms with van der Waals surface area (Å²) in [5, 5.41) is 9.92. The van der Waals surface area contributed by atoms with E-state index in [-0.39, 0.29) is 18.4 Å². The molecule has 0 aromatic heterocycles. The largest absolute Gasteiger partial charge is 0.466 e. The Labute approximate surface area is 126 Å². The Kier molecular flexibility index (Phi) is 6.99. The van der Waals surface area contributed by atoms with Crippen LogP contribution in [0.1, 0.15) is 18.9 Å². The standard InChI is InChI=1S/C15H21NO3.ClH/c1-2-19-15(18)13-11-16(9-8-14(13)17)10-12-6-4-3-5-7-12;/h3-7,13-14,17H,2,8-11H2,1H3;1H. The number of halogens is 1. The number of ether oxygens (including phenoxy) is 1. The zero-order chi connectivity index (χ0) is 13.7. The SMILES string of the molecule is CCOC(=O)C1CN(Cc2ccccc2)CCC1O.Cl. The van der Waals surface area contributed by atoms with Crippen molar-refractivity contribution in [3.05, 3.63) is 35.9 Å². The van der Waals surface area contributed by atoms with Crippen molar-refractivity contribution in [2.45, 2.75) is 26.0 Å². The second-order valence-corrected chi connectivity index (χ2v) is 4.94. The van der Waals surface area contributed by atoms with Crippen molar-refractivity contribution in [3.63, 3.8) is 0 Å². The highest BCUT2D eigenvalue weighted by molar-refractivity contribution is 5.85. The van der Waals surface area contributed by atoms with Gasteiger partial charge in [0.2, 0.25) is 0 Å². The first-order chi connectivity index (χ1) is 9.20. The van der Waals surface area contributed by atoms with Crippen LogP contribution in [0.3, 0.4) is 0 Å². The van der Waals surface area contributed by atoms with Crippen molar-refractivity contribution in [3.8, 4) is 0 Å². The lowest BCUT2D eigenvalue weighted by Gasteiger charge is -2.34. The van der Waals surface area contributed by atoms with Crippen molar-refractivity contribution in [2.24, 2.45) is 5.92 Å². The summed E-state index contributed by atoms with van der Waals surface area (Å²) in [6, 6.07) is 10.2. The van der Waals surface area contributed by atoms with Crippen LogP contribution >= 0.6 is 12.4 Å². The lowest BCUT2D eigenvalue weighted by atomic mass is 9.94. The molecule has 4 nitrogen and oxygen atoms in total. The van der Waals surface area contributed by atoms with Gasteiger partial charge in [-0.05, 0) is 18.9 Å². The van der Waals surface area contributed by atoms with E-state index in [1.807, 2.05) is 18.2 Å².